The lowest BCUT2D eigenvalue weighted by Crippen LogP contribution is -2.43. The van der Waals surface area contributed by atoms with Crippen molar-refractivity contribution in [1.82, 2.24) is 5.43 Å². The molecule has 1 aromatic carbocycles. The van der Waals surface area contributed by atoms with Gasteiger partial charge in [-0.05, 0) is 31.4 Å². The molecule has 1 atom stereocenters. The highest BCUT2D eigenvalue weighted by molar-refractivity contribution is 6.17. The summed E-state index contributed by atoms with van der Waals surface area (Å²) in [6.45, 7) is 4.54. The van der Waals surface area contributed by atoms with Gasteiger partial charge in [-0.1, -0.05) is 24.3 Å². The van der Waals surface area contributed by atoms with Crippen LogP contribution in [0.25, 0.3) is 0 Å². The van der Waals surface area contributed by atoms with Gasteiger partial charge in [0.25, 0.3) is 0 Å². The Labute approximate surface area is 124 Å². The first-order valence-electron chi connectivity index (χ1n) is 6.71. The maximum atomic E-state index is 12.3. The molecule has 4 nitrogen and oxygen atoms in total. The molecule has 1 heterocycles. The zero-order valence-electron chi connectivity index (χ0n) is 11.8. The third-order valence-electron chi connectivity index (χ3n) is 3.67. The molecule has 0 fully saturated rings. The zero-order chi connectivity index (χ0) is 14.6. The van der Waals surface area contributed by atoms with Crippen LogP contribution in [0.3, 0.4) is 0 Å². The summed E-state index contributed by atoms with van der Waals surface area (Å²) in [6, 6.07) is 7.97. The van der Waals surface area contributed by atoms with Gasteiger partial charge in [-0.15, -0.1) is 11.6 Å². The van der Waals surface area contributed by atoms with Gasteiger partial charge in [0.1, 0.15) is 5.41 Å². The van der Waals surface area contributed by atoms with Gasteiger partial charge in [-0.3, -0.25) is 4.79 Å². The number of ether oxygens (including phenoxy) is 1. The molecule has 0 aliphatic carbocycles. The van der Waals surface area contributed by atoms with Crippen molar-refractivity contribution in [1.29, 1.82) is 0 Å². The van der Waals surface area contributed by atoms with Crippen LogP contribution in [0.5, 0.6) is 0 Å². The number of benzene rings is 1. The van der Waals surface area contributed by atoms with Crippen LogP contribution in [0.15, 0.2) is 29.4 Å². The van der Waals surface area contributed by atoms with Gasteiger partial charge in [-0.25, -0.2) is 0 Å². The van der Waals surface area contributed by atoms with E-state index in [9.17, 15) is 4.79 Å². The molecule has 0 saturated heterocycles. The van der Waals surface area contributed by atoms with Crippen molar-refractivity contribution in [2.24, 2.45) is 10.5 Å². The molecule has 5 heteroatoms. The quantitative estimate of drug-likeness (QED) is 0.670. The molecule has 1 unspecified atom stereocenters. The number of hydrogen-bond donors (Lipinski definition) is 1. The molecule has 0 radical (unpaired) electrons. The summed E-state index contributed by atoms with van der Waals surface area (Å²) in [5.74, 6) is 0.276. The largest absolute Gasteiger partial charge is 0.465 e. The Balaban J connectivity index is 2.24. The Morgan fingerprint density at radius 3 is 2.55 bits per heavy atom. The second-order valence-electron chi connectivity index (χ2n) is 4.96. The first kappa shape index (κ1) is 14.9. The highest BCUT2D eigenvalue weighted by atomic mass is 35.5. The maximum absolute atomic E-state index is 12.3. The van der Waals surface area contributed by atoms with Crippen LogP contribution in [0.1, 0.15) is 25.0 Å². The minimum atomic E-state index is -0.696. The summed E-state index contributed by atoms with van der Waals surface area (Å²) in [5.41, 5.74) is 5.13. The summed E-state index contributed by atoms with van der Waals surface area (Å²) < 4.78 is 5.24. The van der Waals surface area contributed by atoms with E-state index in [1.807, 2.05) is 38.1 Å². The average Bonchev–Trinajstić information content (AvgIpc) is 2.82. The van der Waals surface area contributed by atoms with Gasteiger partial charge in [0.15, 0.2) is 0 Å². The fourth-order valence-corrected chi connectivity index (χ4v) is 2.55. The maximum Gasteiger partial charge on any atom is 0.320 e. The Kier molecular flexibility index (Phi) is 4.65. The van der Waals surface area contributed by atoms with Crippen molar-refractivity contribution in [3.8, 4) is 0 Å². The van der Waals surface area contributed by atoms with Crippen LogP contribution in [0, 0.1) is 5.41 Å². The standard InChI is InChI=1S/C15H19ClN2O2/c1-3-20-14(19)15(10-17-18-11(15)2)8-12-4-6-13(9-16)7-5-12/h4-7,17H,3,8-10H2,1-2H3. The van der Waals surface area contributed by atoms with Crippen molar-refractivity contribution >= 4 is 23.3 Å². The summed E-state index contributed by atoms with van der Waals surface area (Å²) in [7, 11) is 0. The van der Waals surface area contributed by atoms with Crippen LogP contribution in [0.4, 0.5) is 0 Å². The molecule has 0 aromatic heterocycles. The SMILES string of the molecule is CCOC(=O)C1(Cc2ccc(CCl)cc2)CNN=C1C. The van der Waals surface area contributed by atoms with E-state index in [1.54, 1.807) is 0 Å². The van der Waals surface area contributed by atoms with Gasteiger partial charge in [-0.2, -0.15) is 5.10 Å². The third kappa shape index (κ3) is 2.80. The van der Waals surface area contributed by atoms with E-state index in [0.717, 1.165) is 16.8 Å². The predicted octanol–water partition coefficient (Wildman–Crippen LogP) is 2.50. The van der Waals surface area contributed by atoms with E-state index >= 15 is 0 Å². The number of halogens is 1. The molecule has 0 spiro atoms. The number of carbonyl (C=O) groups excluding carboxylic acids is 1. The van der Waals surface area contributed by atoms with Gasteiger partial charge < -0.3 is 10.2 Å². The normalized spacial score (nSPS) is 21.2. The molecular formula is C15H19ClN2O2. The molecule has 1 aliphatic heterocycles. The Morgan fingerprint density at radius 1 is 1.40 bits per heavy atom. The van der Waals surface area contributed by atoms with Gasteiger partial charge in [0, 0.05) is 5.88 Å². The highest BCUT2D eigenvalue weighted by Gasteiger charge is 2.45. The molecule has 1 aromatic rings. The minimum Gasteiger partial charge on any atom is -0.465 e. The van der Waals surface area contributed by atoms with Gasteiger partial charge >= 0.3 is 5.97 Å². The zero-order valence-corrected chi connectivity index (χ0v) is 12.5. The number of nitrogens with one attached hydrogen (secondary N) is 1. The highest BCUT2D eigenvalue weighted by Crippen LogP contribution is 2.30. The summed E-state index contributed by atoms with van der Waals surface area (Å²) >= 11 is 5.79. The fraction of sp³-hybridized carbons (Fsp3) is 0.467. The molecular weight excluding hydrogens is 276 g/mol. The van der Waals surface area contributed by atoms with E-state index in [0.29, 0.717) is 25.5 Å². The van der Waals surface area contributed by atoms with Crippen LogP contribution in [-0.2, 0) is 21.8 Å². The van der Waals surface area contributed by atoms with E-state index in [4.69, 9.17) is 16.3 Å². The predicted molar refractivity (Wildman–Crippen MR) is 79.9 cm³/mol. The summed E-state index contributed by atoms with van der Waals surface area (Å²) in [4.78, 5) is 12.3. The molecule has 1 N–H and O–H groups in total. The first-order chi connectivity index (χ1) is 9.62. The molecule has 2 rings (SSSR count). The Morgan fingerprint density at radius 2 is 2.05 bits per heavy atom. The monoisotopic (exact) mass is 294 g/mol. The first-order valence-corrected chi connectivity index (χ1v) is 7.24. The number of hydrogen-bond acceptors (Lipinski definition) is 4. The van der Waals surface area contributed by atoms with Crippen LogP contribution >= 0.6 is 11.6 Å². The minimum absolute atomic E-state index is 0.215. The molecule has 0 bridgehead atoms. The lowest BCUT2D eigenvalue weighted by molar-refractivity contribution is -0.150. The molecule has 20 heavy (non-hydrogen) atoms. The molecule has 0 saturated carbocycles. The molecule has 0 amide bonds. The Bertz CT molecular complexity index is 513. The average molecular weight is 295 g/mol. The third-order valence-corrected chi connectivity index (χ3v) is 3.98. The lowest BCUT2D eigenvalue weighted by Gasteiger charge is -2.26. The van der Waals surface area contributed by atoms with Crippen LogP contribution in [-0.4, -0.2) is 24.8 Å². The Hall–Kier alpha value is -1.55. The number of hydrazone groups is 1. The molecule has 108 valence electrons. The number of alkyl halides is 1. The van der Waals surface area contributed by atoms with Gasteiger partial charge in [0.05, 0.1) is 18.9 Å². The lowest BCUT2D eigenvalue weighted by atomic mass is 9.78. The summed E-state index contributed by atoms with van der Waals surface area (Å²) in [6.07, 6.45) is 0.580. The second kappa shape index (κ2) is 6.27. The number of carbonyl (C=O) groups is 1. The van der Waals surface area contributed by atoms with E-state index in [2.05, 4.69) is 10.5 Å². The van der Waals surface area contributed by atoms with Crippen molar-refractivity contribution in [3.05, 3.63) is 35.4 Å². The van der Waals surface area contributed by atoms with Crippen LogP contribution in [0.2, 0.25) is 0 Å². The van der Waals surface area contributed by atoms with Gasteiger partial charge in [0.2, 0.25) is 0 Å². The van der Waals surface area contributed by atoms with Crippen molar-refractivity contribution < 1.29 is 9.53 Å². The number of esters is 1. The van der Waals surface area contributed by atoms with E-state index in [1.165, 1.54) is 0 Å². The van der Waals surface area contributed by atoms with Crippen molar-refractivity contribution in [3.63, 3.8) is 0 Å². The summed E-state index contributed by atoms with van der Waals surface area (Å²) in [5, 5.41) is 4.17. The van der Waals surface area contributed by atoms with Crippen molar-refractivity contribution in [2.75, 3.05) is 13.2 Å². The fourth-order valence-electron chi connectivity index (χ4n) is 2.37. The smallest absolute Gasteiger partial charge is 0.320 e. The van der Waals surface area contributed by atoms with Crippen molar-refractivity contribution in [2.45, 2.75) is 26.1 Å². The number of nitrogens with zero attached hydrogens (tertiary/aromatic N) is 1. The number of rotatable bonds is 5. The second-order valence-corrected chi connectivity index (χ2v) is 5.23. The van der Waals surface area contributed by atoms with E-state index in [-0.39, 0.29) is 5.97 Å². The van der Waals surface area contributed by atoms with Crippen LogP contribution < -0.4 is 5.43 Å². The molecule has 1 aliphatic rings. The topological polar surface area (TPSA) is 50.7 Å². The van der Waals surface area contributed by atoms with E-state index < -0.39 is 5.41 Å².